The Bertz CT molecular complexity index is 882. The molecule has 0 fully saturated rings. The van der Waals surface area contributed by atoms with Crippen molar-refractivity contribution >= 4 is 33.3 Å². The summed E-state index contributed by atoms with van der Waals surface area (Å²) in [6.45, 7) is 8.13. The average Bonchev–Trinajstić information content (AvgIpc) is 3.11. The number of thiazole rings is 1. The number of hydrogen-bond donors (Lipinski definition) is 1. The second kappa shape index (κ2) is 6.60. The zero-order valence-electron chi connectivity index (χ0n) is 14.2. The van der Waals surface area contributed by atoms with E-state index in [9.17, 15) is 4.79 Å². The number of hydrogen-bond acceptors (Lipinski definition) is 5. The second-order valence-electron chi connectivity index (χ2n) is 5.76. The first-order valence-electron chi connectivity index (χ1n) is 7.90. The van der Waals surface area contributed by atoms with Gasteiger partial charge >= 0.3 is 0 Å². The number of anilines is 1. The molecule has 0 aliphatic carbocycles. The maximum atomic E-state index is 12.0. The highest BCUT2D eigenvalue weighted by atomic mass is 32.1. The lowest BCUT2D eigenvalue weighted by Crippen LogP contribution is -2.19. The zero-order chi connectivity index (χ0) is 17.3. The number of aromatic nitrogens is 3. The number of para-hydroxylation sites is 1. The Balaban J connectivity index is 2.04. The van der Waals surface area contributed by atoms with Crippen molar-refractivity contribution in [2.75, 3.05) is 11.9 Å². The SMILES string of the molecule is CCOc1cccc2sc(-n3nc(C)cc3NC(=O)C(C)C)nc12. The predicted molar refractivity (Wildman–Crippen MR) is 96.1 cm³/mol. The van der Waals surface area contributed by atoms with E-state index in [0.29, 0.717) is 17.6 Å². The number of fused-ring (bicyclic) bond motifs is 1. The molecule has 0 atom stereocenters. The van der Waals surface area contributed by atoms with Gasteiger partial charge in [-0.2, -0.15) is 9.78 Å². The normalized spacial score (nSPS) is 11.2. The van der Waals surface area contributed by atoms with E-state index >= 15 is 0 Å². The first-order valence-corrected chi connectivity index (χ1v) is 8.71. The maximum absolute atomic E-state index is 12.0. The fourth-order valence-electron chi connectivity index (χ4n) is 2.28. The summed E-state index contributed by atoms with van der Waals surface area (Å²) < 4.78 is 8.34. The van der Waals surface area contributed by atoms with Gasteiger partial charge in [0.2, 0.25) is 11.0 Å². The molecule has 6 nitrogen and oxygen atoms in total. The first kappa shape index (κ1) is 16.4. The summed E-state index contributed by atoms with van der Waals surface area (Å²) in [6.07, 6.45) is 0. The molecule has 1 aromatic carbocycles. The van der Waals surface area contributed by atoms with Crippen LogP contribution in [0.25, 0.3) is 15.3 Å². The van der Waals surface area contributed by atoms with E-state index in [0.717, 1.165) is 21.7 Å². The number of nitrogens with zero attached hydrogens (tertiary/aromatic N) is 3. The highest BCUT2D eigenvalue weighted by Crippen LogP contribution is 2.32. The molecule has 0 saturated carbocycles. The van der Waals surface area contributed by atoms with E-state index in [1.54, 1.807) is 4.68 Å². The van der Waals surface area contributed by atoms with Crippen molar-refractivity contribution in [3.05, 3.63) is 30.0 Å². The second-order valence-corrected chi connectivity index (χ2v) is 6.77. The fourth-order valence-corrected chi connectivity index (χ4v) is 3.23. The third kappa shape index (κ3) is 3.12. The van der Waals surface area contributed by atoms with E-state index in [4.69, 9.17) is 4.74 Å². The molecule has 1 amide bonds. The number of nitrogens with one attached hydrogen (secondary N) is 1. The number of carbonyl (C=O) groups is 1. The largest absolute Gasteiger partial charge is 0.492 e. The molecule has 0 saturated heterocycles. The van der Waals surface area contributed by atoms with E-state index < -0.39 is 0 Å². The Kier molecular flexibility index (Phi) is 4.53. The van der Waals surface area contributed by atoms with Crippen molar-refractivity contribution in [3.8, 4) is 10.9 Å². The third-order valence-corrected chi connectivity index (χ3v) is 4.46. The van der Waals surface area contributed by atoms with Gasteiger partial charge in [0.1, 0.15) is 17.1 Å². The van der Waals surface area contributed by atoms with Gasteiger partial charge in [-0.1, -0.05) is 31.3 Å². The Morgan fingerprint density at radius 1 is 1.42 bits per heavy atom. The third-order valence-electron chi connectivity index (χ3n) is 3.46. The van der Waals surface area contributed by atoms with E-state index in [1.165, 1.54) is 11.3 Å². The first-order chi connectivity index (χ1) is 11.5. The summed E-state index contributed by atoms with van der Waals surface area (Å²) in [4.78, 5) is 16.7. The van der Waals surface area contributed by atoms with E-state index in [1.807, 2.05) is 52.0 Å². The summed E-state index contributed by atoms with van der Waals surface area (Å²) in [5, 5.41) is 8.08. The van der Waals surface area contributed by atoms with Gasteiger partial charge < -0.3 is 10.1 Å². The van der Waals surface area contributed by atoms with Crippen LogP contribution in [0.1, 0.15) is 26.5 Å². The van der Waals surface area contributed by atoms with Crippen LogP contribution in [0, 0.1) is 12.8 Å². The van der Waals surface area contributed by atoms with Crippen LogP contribution in [0.4, 0.5) is 5.82 Å². The van der Waals surface area contributed by atoms with E-state index in [2.05, 4.69) is 15.4 Å². The minimum atomic E-state index is -0.103. The maximum Gasteiger partial charge on any atom is 0.228 e. The minimum Gasteiger partial charge on any atom is -0.492 e. The Morgan fingerprint density at radius 3 is 2.92 bits per heavy atom. The van der Waals surface area contributed by atoms with Gasteiger partial charge in [0.15, 0.2) is 0 Å². The Morgan fingerprint density at radius 2 is 2.21 bits per heavy atom. The van der Waals surface area contributed by atoms with Gasteiger partial charge in [0.05, 0.1) is 17.0 Å². The molecule has 3 rings (SSSR count). The summed E-state index contributed by atoms with van der Waals surface area (Å²) in [5.74, 6) is 1.23. The van der Waals surface area contributed by atoms with Gasteiger partial charge in [-0.3, -0.25) is 4.79 Å². The van der Waals surface area contributed by atoms with Crippen molar-refractivity contribution in [3.63, 3.8) is 0 Å². The molecule has 2 aromatic heterocycles. The Hall–Kier alpha value is -2.41. The fraction of sp³-hybridized carbons (Fsp3) is 0.353. The van der Waals surface area contributed by atoms with Crippen molar-refractivity contribution in [1.82, 2.24) is 14.8 Å². The van der Waals surface area contributed by atoms with Crippen molar-refractivity contribution in [2.24, 2.45) is 5.92 Å². The van der Waals surface area contributed by atoms with Crippen LogP contribution in [0.2, 0.25) is 0 Å². The molecular formula is C17H20N4O2S. The lowest BCUT2D eigenvalue weighted by atomic mass is 10.2. The number of benzene rings is 1. The van der Waals surface area contributed by atoms with Crippen molar-refractivity contribution in [2.45, 2.75) is 27.7 Å². The molecular weight excluding hydrogens is 324 g/mol. The number of carbonyl (C=O) groups excluding carboxylic acids is 1. The molecule has 0 aliphatic heterocycles. The lowest BCUT2D eigenvalue weighted by molar-refractivity contribution is -0.118. The van der Waals surface area contributed by atoms with Gasteiger partial charge in [-0.05, 0) is 26.0 Å². The minimum absolute atomic E-state index is 0.0488. The molecule has 0 aliphatic rings. The number of aryl methyl sites for hydroxylation is 1. The smallest absolute Gasteiger partial charge is 0.228 e. The summed E-state index contributed by atoms with van der Waals surface area (Å²) in [5.41, 5.74) is 1.63. The lowest BCUT2D eigenvalue weighted by Gasteiger charge is -2.08. The van der Waals surface area contributed by atoms with Crippen molar-refractivity contribution in [1.29, 1.82) is 0 Å². The molecule has 3 aromatic rings. The standard InChI is InChI=1S/C17H20N4O2S/c1-5-23-12-7-6-8-13-15(12)19-17(24-13)21-14(9-11(4)20-21)18-16(22)10(2)3/h6-10H,5H2,1-4H3,(H,18,22). The quantitative estimate of drug-likeness (QED) is 0.765. The van der Waals surface area contributed by atoms with Gasteiger partial charge in [-0.25, -0.2) is 4.98 Å². The van der Waals surface area contributed by atoms with Gasteiger partial charge in [-0.15, -0.1) is 0 Å². The molecule has 24 heavy (non-hydrogen) atoms. The molecule has 2 heterocycles. The molecule has 0 bridgehead atoms. The molecule has 1 N–H and O–H groups in total. The number of amides is 1. The monoisotopic (exact) mass is 344 g/mol. The molecule has 7 heteroatoms. The van der Waals surface area contributed by atoms with Crippen LogP contribution in [0.5, 0.6) is 5.75 Å². The van der Waals surface area contributed by atoms with Crippen LogP contribution in [0.15, 0.2) is 24.3 Å². The highest BCUT2D eigenvalue weighted by molar-refractivity contribution is 7.20. The number of rotatable bonds is 5. The predicted octanol–water partition coefficient (Wildman–Crippen LogP) is 3.78. The summed E-state index contributed by atoms with van der Waals surface area (Å²) in [7, 11) is 0. The van der Waals surface area contributed by atoms with Gasteiger partial charge in [0, 0.05) is 12.0 Å². The summed E-state index contributed by atoms with van der Waals surface area (Å²) >= 11 is 1.51. The van der Waals surface area contributed by atoms with Crippen LogP contribution < -0.4 is 10.1 Å². The zero-order valence-corrected chi connectivity index (χ0v) is 15.0. The van der Waals surface area contributed by atoms with Crippen molar-refractivity contribution < 1.29 is 9.53 Å². The summed E-state index contributed by atoms with van der Waals surface area (Å²) in [6, 6.07) is 7.70. The van der Waals surface area contributed by atoms with Crippen LogP contribution in [-0.4, -0.2) is 27.3 Å². The molecule has 0 unspecified atom stereocenters. The topological polar surface area (TPSA) is 69.0 Å². The molecule has 0 spiro atoms. The van der Waals surface area contributed by atoms with Gasteiger partial charge in [0.25, 0.3) is 0 Å². The Labute approximate surface area is 144 Å². The van der Waals surface area contributed by atoms with Crippen LogP contribution in [0.3, 0.4) is 0 Å². The van der Waals surface area contributed by atoms with Crippen LogP contribution in [-0.2, 0) is 4.79 Å². The van der Waals surface area contributed by atoms with E-state index in [-0.39, 0.29) is 11.8 Å². The van der Waals surface area contributed by atoms with Crippen LogP contribution >= 0.6 is 11.3 Å². The molecule has 0 radical (unpaired) electrons. The molecule has 126 valence electrons. The average molecular weight is 344 g/mol. The highest BCUT2D eigenvalue weighted by Gasteiger charge is 2.17. The number of ether oxygens (including phenoxy) is 1.